The van der Waals surface area contributed by atoms with Gasteiger partial charge in [-0.05, 0) is 44.9 Å². The minimum Gasteiger partial charge on any atom is -0.343 e. The van der Waals surface area contributed by atoms with Gasteiger partial charge in [-0.1, -0.05) is 17.7 Å². The summed E-state index contributed by atoms with van der Waals surface area (Å²) in [5.41, 5.74) is 0.733. The van der Waals surface area contributed by atoms with E-state index in [1.54, 1.807) is 23.1 Å². The van der Waals surface area contributed by atoms with E-state index < -0.39 is 0 Å². The van der Waals surface area contributed by atoms with Gasteiger partial charge in [0.25, 0.3) is 0 Å². The minimum atomic E-state index is -0.332. The van der Waals surface area contributed by atoms with Gasteiger partial charge >= 0.3 is 0 Å². The molecule has 2 fully saturated rings. The van der Waals surface area contributed by atoms with Crippen molar-refractivity contribution in [1.82, 2.24) is 9.80 Å². The Morgan fingerprint density at radius 1 is 1.14 bits per heavy atom. The fourth-order valence-corrected chi connectivity index (χ4v) is 4.35. The molecule has 0 saturated carbocycles. The van der Waals surface area contributed by atoms with Crippen molar-refractivity contribution in [2.24, 2.45) is 11.8 Å². The van der Waals surface area contributed by atoms with Crippen molar-refractivity contribution in [2.45, 2.75) is 33.1 Å². The Kier molecular flexibility index (Phi) is 6.60. The molecule has 152 valence electrons. The monoisotopic (exact) mass is 405 g/mol. The summed E-state index contributed by atoms with van der Waals surface area (Å²) in [6.45, 7) is 6.97. The topological polar surface area (TPSA) is 60.9 Å². The van der Waals surface area contributed by atoms with Gasteiger partial charge in [-0.15, -0.1) is 0 Å². The number of carbonyl (C=O) groups excluding carboxylic acids is 3. The van der Waals surface area contributed by atoms with Crippen LogP contribution in [0.2, 0.25) is 5.02 Å². The summed E-state index contributed by atoms with van der Waals surface area (Å²) < 4.78 is 0. The highest BCUT2D eigenvalue weighted by atomic mass is 35.5. The number of amides is 3. The molecule has 1 aromatic rings. The lowest BCUT2D eigenvalue weighted by atomic mass is 9.94. The van der Waals surface area contributed by atoms with Gasteiger partial charge in [0, 0.05) is 55.8 Å². The van der Waals surface area contributed by atoms with Crippen LogP contribution < -0.4 is 4.90 Å². The summed E-state index contributed by atoms with van der Waals surface area (Å²) in [5.74, 6) is -0.169. The molecule has 0 spiro atoms. The maximum atomic E-state index is 12.9. The number of likely N-dealkylation sites (tertiary alicyclic amines) is 1. The van der Waals surface area contributed by atoms with Crippen LogP contribution in [0.1, 0.15) is 33.1 Å². The van der Waals surface area contributed by atoms with Crippen molar-refractivity contribution in [2.75, 3.05) is 37.6 Å². The van der Waals surface area contributed by atoms with Crippen molar-refractivity contribution < 1.29 is 14.4 Å². The van der Waals surface area contributed by atoms with Gasteiger partial charge in [-0.25, -0.2) is 0 Å². The second kappa shape index (κ2) is 8.95. The molecule has 2 aliphatic heterocycles. The predicted octanol–water partition coefficient (Wildman–Crippen LogP) is 2.80. The van der Waals surface area contributed by atoms with Crippen LogP contribution in [0.15, 0.2) is 24.3 Å². The standard InChI is InChI=1S/C21H28ClN3O3/c1-3-23(4-2)20(27)15-8-10-24(11-9-15)21(28)16-12-19(26)25(14-16)18-7-5-6-17(22)13-18/h5-7,13,15-16H,3-4,8-12,14H2,1-2H3. The number of anilines is 1. The Morgan fingerprint density at radius 2 is 1.82 bits per heavy atom. The number of rotatable bonds is 5. The van der Waals surface area contributed by atoms with Gasteiger partial charge in [0.1, 0.15) is 0 Å². The lowest BCUT2D eigenvalue weighted by Crippen LogP contribution is -2.46. The second-order valence-corrected chi connectivity index (χ2v) is 7.93. The largest absolute Gasteiger partial charge is 0.343 e. The molecule has 0 N–H and O–H groups in total. The molecule has 0 aromatic heterocycles. The smallest absolute Gasteiger partial charge is 0.228 e. The van der Waals surface area contributed by atoms with Crippen molar-refractivity contribution in [1.29, 1.82) is 0 Å². The van der Waals surface area contributed by atoms with E-state index in [9.17, 15) is 14.4 Å². The molecule has 1 unspecified atom stereocenters. The van der Waals surface area contributed by atoms with Crippen LogP contribution in [0, 0.1) is 11.8 Å². The molecule has 6 nitrogen and oxygen atoms in total. The van der Waals surface area contributed by atoms with Crippen LogP contribution in [0.4, 0.5) is 5.69 Å². The van der Waals surface area contributed by atoms with E-state index in [4.69, 9.17) is 11.6 Å². The highest BCUT2D eigenvalue weighted by Gasteiger charge is 2.39. The molecular weight excluding hydrogens is 378 g/mol. The maximum Gasteiger partial charge on any atom is 0.228 e. The van der Waals surface area contributed by atoms with E-state index in [1.807, 2.05) is 29.7 Å². The average molecular weight is 406 g/mol. The first-order valence-electron chi connectivity index (χ1n) is 10.1. The molecule has 2 saturated heterocycles. The molecule has 3 rings (SSSR count). The molecular formula is C21H28ClN3O3. The average Bonchev–Trinajstić information content (AvgIpc) is 3.10. The second-order valence-electron chi connectivity index (χ2n) is 7.50. The minimum absolute atomic E-state index is 0.00267. The summed E-state index contributed by atoms with van der Waals surface area (Å²) in [5, 5.41) is 0.569. The molecule has 0 bridgehead atoms. The molecule has 1 atom stereocenters. The Morgan fingerprint density at radius 3 is 2.43 bits per heavy atom. The van der Waals surface area contributed by atoms with Crippen LogP contribution in [0.3, 0.4) is 0 Å². The number of halogens is 1. The molecule has 2 heterocycles. The number of nitrogens with zero attached hydrogens (tertiary/aromatic N) is 3. The van der Waals surface area contributed by atoms with Crippen LogP contribution in [0.25, 0.3) is 0 Å². The summed E-state index contributed by atoms with van der Waals surface area (Å²) in [7, 11) is 0. The van der Waals surface area contributed by atoms with Crippen LogP contribution in [-0.4, -0.2) is 60.2 Å². The third-order valence-corrected chi connectivity index (χ3v) is 6.06. The molecule has 28 heavy (non-hydrogen) atoms. The van der Waals surface area contributed by atoms with Gasteiger partial charge in [0.15, 0.2) is 0 Å². The first-order valence-corrected chi connectivity index (χ1v) is 10.5. The van der Waals surface area contributed by atoms with E-state index in [0.717, 1.165) is 18.8 Å². The quantitative estimate of drug-likeness (QED) is 0.756. The van der Waals surface area contributed by atoms with E-state index >= 15 is 0 Å². The summed E-state index contributed by atoms with van der Waals surface area (Å²) in [6.07, 6.45) is 1.61. The van der Waals surface area contributed by atoms with Gasteiger partial charge in [0.05, 0.1) is 5.92 Å². The highest BCUT2D eigenvalue weighted by molar-refractivity contribution is 6.31. The maximum absolute atomic E-state index is 12.9. The fraction of sp³-hybridized carbons (Fsp3) is 0.571. The Labute approximate surface area is 171 Å². The summed E-state index contributed by atoms with van der Waals surface area (Å²) in [4.78, 5) is 43.2. The fourth-order valence-electron chi connectivity index (χ4n) is 4.17. The lowest BCUT2D eigenvalue weighted by molar-refractivity contribution is -0.142. The Bertz CT molecular complexity index is 742. The molecule has 1 aromatic carbocycles. The molecule has 7 heteroatoms. The van der Waals surface area contributed by atoms with Crippen LogP contribution in [-0.2, 0) is 14.4 Å². The Hall–Kier alpha value is -2.08. The van der Waals surface area contributed by atoms with Crippen molar-refractivity contribution in [3.8, 4) is 0 Å². The van der Waals surface area contributed by atoms with Crippen LogP contribution in [0.5, 0.6) is 0 Å². The summed E-state index contributed by atoms with van der Waals surface area (Å²) >= 11 is 6.03. The third-order valence-electron chi connectivity index (χ3n) is 5.83. The number of carbonyl (C=O) groups is 3. The first kappa shape index (κ1) is 20.6. The zero-order valence-electron chi connectivity index (χ0n) is 16.6. The predicted molar refractivity (Wildman–Crippen MR) is 109 cm³/mol. The number of piperidine rings is 1. The van der Waals surface area contributed by atoms with Crippen molar-refractivity contribution >= 4 is 35.0 Å². The van der Waals surface area contributed by atoms with E-state index in [1.165, 1.54) is 0 Å². The van der Waals surface area contributed by atoms with Crippen molar-refractivity contribution in [3.63, 3.8) is 0 Å². The SMILES string of the molecule is CCN(CC)C(=O)C1CCN(C(=O)C2CC(=O)N(c3cccc(Cl)c3)C2)CC1. The van der Waals surface area contributed by atoms with Crippen LogP contribution >= 0.6 is 11.6 Å². The molecule has 0 aliphatic carbocycles. The number of hydrogen-bond donors (Lipinski definition) is 0. The van der Waals surface area contributed by atoms with Crippen molar-refractivity contribution in [3.05, 3.63) is 29.3 Å². The normalized spacial score (nSPS) is 20.5. The van der Waals surface area contributed by atoms with E-state index in [0.29, 0.717) is 37.5 Å². The Balaban J connectivity index is 1.57. The zero-order chi connectivity index (χ0) is 20.3. The summed E-state index contributed by atoms with van der Waals surface area (Å²) in [6, 6.07) is 7.15. The molecule has 2 aliphatic rings. The molecule has 0 radical (unpaired) electrons. The van der Waals surface area contributed by atoms with E-state index in [-0.39, 0.29) is 36.0 Å². The number of hydrogen-bond acceptors (Lipinski definition) is 3. The van der Waals surface area contributed by atoms with Gasteiger partial charge in [-0.2, -0.15) is 0 Å². The van der Waals surface area contributed by atoms with Gasteiger partial charge in [0.2, 0.25) is 17.7 Å². The highest BCUT2D eigenvalue weighted by Crippen LogP contribution is 2.29. The molecule has 3 amide bonds. The van der Waals surface area contributed by atoms with Gasteiger partial charge < -0.3 is 14.7 Å². The third kappa shape index (κ3) is 4.32. The lowest BCUT2D eigenvalue weighted by Gasteiger charge is -2.34. The first-order chi connectivity index (χ1) is 13.4. The zero-order valence-corrected chi connectivity index (χ0v) is 17.3. The van der Waals surface area contributed by atoms with Gasteiger partial charge in [-0.3, -0.25) is 14.4 Å². The van der Waals surface area contributed by atoms with E-state index in [2.05, 4.69) is 0 Å². The number of benzene rings is 1.